The fourth-order valence-electron chi connectivity index (χ4n) is 1.56. The van der Waals surface area contributed by atoms with Crippen LogP contribution in [0.4, 0.5) is 0 Å². The molecule has 0 radical (unpaired) electrons. The van der Waals surface area contributed by atoms with Crippen LogP contribution in [0.2, 0.25) is 0 Å². The first kappa shape index (κ1) is 9.14. The molecular weight excluding hydrogens is 184 g/mol. The predicted molar refractivity (Wildman–Crippen MR) is 47.0 cm³/mol. The molecule has 0 bridgehead atoms. The van der Waals surface area contributed by atoms with Gasteiger partial charge in [0.25, 0.3) is 0 Å². The number of aryl methyl sites for hydroxylation is 1. The Hall–Kier alpha value is -1.43. The number of aliphatic hydroxyl groups excluding tert-OH is 1. The molecular formula is C8H12N4O2. The Labute approximate surface area is 81.1 Å². The SMILES string of the molecule is Cn1ncc(CN2CC(O)CC2=O)n1. The molecule has 76 valence electrons. The average molecular weight is 196 g/mol. The summed E-state index contributed by atoms with van der Waals surface area (Å²) in [5.74, 6) is -0.0249. The molecule has 2 rings (SSSR count). The molecule has 1 aliphatic heterocycles. The maximum atomic E-state index is 11.3. The molecule has 0 aliphatic carbocycles. The number of rotatable bonds is 2. The Balaban J connectivity index is 2.01. The predicted octanol–water partition coefficient (Wildman–Crippen LogP) is -1.09. The van der Waals surface area contributed by atoms with Crippen LogP contribution in [0.5, 0.6) is 0 Å². The number of amides is 1. The number of β-amino-alcohol motifs (C(OH)–C–C–N with tert-alkyl or cyclic N) is 1. The van der Waals surface area contributed by atoms with E-state index in [9.17, 15) is 9.90 Å². The van der Waals surface area contributed by atoms with Crippen molar-refractivity contribution in [2.75, 3.05) is 6.54 Å². The van der Waals surface area contributed by atoms with Crippen LogP contribution < -0.4 is 0 Å². The highest BCUT2D eigenvalue weighted by molar-refractivity contribution is 5.78. The highest BCUT2D eigenvalue weighted by atomic mass is 16.3. The first-order valence-electron chi connectivity index (χ1n) is 4.46. The van der Waals surface area contributed by atoms with Crippen molar-refractivity contribution in [3.63, 3.8) is 0 Å². The van der Waals surface area contributed by atoms with Gasteiger partial charge < -0.3 is 10.0 Å². The lowest BCUT2D eigenvalue weighted by molar-refractivity contribution is -0.128. The lowest BCUT2D eigenvalue weighted by atomic mass is 10.3. The van der Waals surface area contributed by atoms with Gasteiger partial charge in [0.1, 0.15) is 5.69 Å². The van der Waals surface area contributed by atoms with Crippen LogP contribution in [0.15, 0.2) is 6.20 Å². The standard InChI is InChI=1S/C8H12N4O2/c1-11-9-3-6(10-11)4-12-5-7(13)2-8(12)14/h3,7,13H,2,4-5H2,1H3. The Bertz CT molecular complexity index is 349. The molecule has 1 N–H and O–H groups in total. The van der Waals surface area contributed by atoms with Gasteiger partial charge >= 0.3 is 0 Å². The molecule has 0 aromatic carbocycles. The Morgan fingerprint density at radius 2 is 2.50 bits per heavy atom. The van der Waals surface area contributed by atoms with Crippen molar-refractivity contribution >= 4 is 5.91 Å². The van der Waals surface area contributed by atoms with Crippen molar-refractivity contribution in [2.24, 2.45) is 7.05 Å². The average Bonchev–Trinajstić information content (AvgIpc) is 2.61. The summed E-state index contributed by atoms with van der Waals surface area (Å²) in [6, 6.07) is 0. The van der Waals surface area contributed by atoms with E-state index in [1.165, 1.54) is 4.80 Å². The Morgan fingerprint density at radius 1 is 1.71 bits per heavy atom. The third-order valence-electron chi connectivity index (χ3n) is 2.19. The summed E-state index contributed by atoms with van der Waals surface area (Å²) in [7, 11) is 1.73. The van der Waals surface area contributed by atoms with Gasteiger partial charge in [0.2, 0.25) is 5.91 Å². The fraction of sp³-hybridized carbons (Fsp3) is 0.625. The van der Waals surface area contributed by atoms with E-state index < -0.39 is 6.10 Å². The number of carbonyl (C=O) groups excluding carboxylic acids is 1. The minimum absolute atomic E-state index is 0.0249. The second-order valence-corrected chi connectivity index (χ2v) is 3.46. The van der Waals surface area contributed by atoms with E-state index in [4.69, 9.17) is 0 Å². The molecule has 1 aromatic heterocycles. The lowest BCUT2D eigenvalue weighted by Crippen LogP contribution is -2.25. The molecule has 1 saturated heterocycles. The molecule has 0 saturated carbocycles. The summed E-state index contributed by atoms with van der Waals surface area (Å²) in [6.07, 6.45) is 1.32. The molecule has 1 amide bonds. The summed E-state index contributed by atoms with van der Waals surface area (Å²) in [5, 5.41) is 17.2. The van der Waals surface area contributed by atoms with Crippen molar-refractivity contribution in [2.45, 2.75) is 19.1 Å². The van der Waals surface area contributed by atoms with E-state index >= 15 is 0 Å². The Morgan fingerprint density at radius 3 is 3.00 bits per heavy atom. The van der Waals surface area contributed by atoms with E-state index in [1.807, 2.05) is 0 Å². The number of carbonyl (C=O) groups is 1. The number of aromatic nitrogens is 3. The van der Waals surface area contributed by atoms with Crippen LogP contribution in [0.3, 0.4) is 0 Å². The second kappa shape index (κ2) is 3.38. The first-order valence-corrected chi connectivity index (χ1v) is 4.46. The summed E-state index contributed by atoms with van der Waals surface area (Å²) in [6.45, 7) is 0.832. The molecule has 1 aliphatic rings. The van der Waals surface area contributed by atoms with Crippen LogP contribution in [-0.2, 0) is 18.4 Å². The molecule has 0 spiro atoms. The summed E-state index contributed by atoms with van der Waals surface area (Å²) < 4.78 is 0. The van der Waals surface area contributed by atoms with E-state index in [1.54, 1.807) is 18.1 Å². The van der Waals surface area contributed by atoms with Gasteiger partial charge in [-0.05, 0) is 0 Å². The van der Waals surface area contributed by atoms with Crippen LogP contribution >= 0.6 is 0 Å². The van der Waals surface area contributed by atoms with Gasteiger partial charge in [0.05, 0.1) is 25.3 Å². The fourth-order valence-corrected chi connectivity index (χ4v) is 1.56. The zero-order valence-electron chi connectivity index (χ0n) is 7.92. The molecule has 1 fully saturated rings. The van der Waals surface area contributed by atoms with Crippen LogP contribution in [-0.4, -0.2) is 43.6 Å². The van der Waals surface area contributed by atoms with Gasteiger partial charge in [0, 0.05) is 13.6 Å². The molecule has 6 heteroatoms. The third-order valence-corrected chi connectivity index (χ3v) is 2.19. The number of hydrogen-bond acceptors (Lipinski definition) is 4. The van der Waals surface area contributed by atoms with E-state index in [-0.39, 0.29) is 12.3 Å². The van der Waals surface area contributed by atoms with Crippen LogP contribution in [0, 0.1) is 0 Å². The zero-order valence-corrected chi connectivity index (χ0v) is 7.92. The quantitative estimate of drug-likeness (QED) is 0.652. The van der Waals surface area contributed by atoms with Gasteiger partial charge in [0.15, 0.2) is 0 Å². The monoisotopic (exact) mass is 196 g/mol. The number of aliphatic hydroxyl groups is 1. The van der Waals surface area contributed by atoms with Crippen molar-refractivity contribution < 1.29 is 9.90 Å². The smallest absolute Gasteiger partial charge is 0.225 e. The lowest BCUT2D eigenvalue weighted by Gasteiger charge is -2.12. The van der Waals surface area contributed by atoms with E-state index in [2.05, 4.69) is 10.2 Å². The summed E-state index contributed by atoms with van der Waals surface area (Å²) in [4.78, 5) is 14.3. The normalized spacial score (nSPS) is 22.0. The first-order chi connectivity index (χ1) is 6.65. The molecule has 14 heavy (non-hydrogen) atoms. The minimum Gasteiger partial charge on any atom is -0.391 e. The molecule has 1 aromatic rings. The number of likely N-dealkylation sites (tertiary alicyclic amines) is 1. The highest BCUT2D eigenvalue weighted by Crippen LogP contribution is 2.13. The maximum Gasteiger partial charge on any atom is 0.225 e. The number of nitrogens with zero attached hydrogens (tertiary/aromatic N) is 4. The van der Waals surface area contributed by atoms with Crippen molar-refractivity contribution in [1.82, 2.24) is 19.9 Å². The van der Waals surface area contributed by atoms with Crippen LogP contribution in [0.25, 0.3) is 0 Å². The van der Waals surface area contributed by atoms with Gasteiger partial charge in [-0.2, -0.15) is 15.0 Å². The second-order valence-electron chi connectivity index (χ2n) is 3.46. The topological polar surface area (TPSA) is 71.2 Å². The zero-order chi connectivity index (χ0) is 10.1. The van der Waals surface area contributed by atoms with Crippen molar-refractivity contribution in [1.29, 1.82) is 0 Å². The van der Waals surface area contributed by atoms with Gasteiger partial charge in [-0.15, -0.1) is 0 Å². The summed E-state index contributed by atoms with van der Waals surface area (Å²) >= 11 is 0. The van der Waals surface area contributed by atoms with Crippen molar-refractivity contribution in [3.05, 3.63) is 11.9 Å². The minimum atomic E-state index is -0.529. The number of hydrogen-bond donors (Lipinski definition) is 1. The molecule has 6 nitrogen and oxygen atoms in total. The maximum absolute atomic E-state index is 11.3. The van der Waals surface area contributed by atoms with Crippen LogP contribution in [0.1, 0.15) is 12.1 Å². The van der Waals surface area contributed by atoms with Gasteiger partial charge in [-0.1, -0.05) is 0 Å². The largest absolute Gasteiger partial charge is 0.391 e. The highest BCUT2D eigenvalue weighted by Gasteiger charge is 2.28. The van der Waals surface area contributed by atoms with Gasteiger partial charge in [-0.25, -0.2) is 0 Å². The Kier molecular flexibility index (Phi) is 2.20. The van der Waals surface area contributed by atoms with Crippen molar-refractivity contribution in [3.8, 4) is 0 Å². The van der Waals surface area contributed by atoms with E-state index in [0.29, 0.717) is 13.1 Å². The van der Waals surface area contributed by atoms with Gasteiger partial charge in [-0.3, -0.25) is 4.79 Å². The molecule has 1 unspecified atom stereocenters. The molecule has 1 atom stereocenters. The molecule has 2 heterocycles. The third kappa shape index (κ3) is 1.74. The summed E-state index contributed by atoms with van der Waals surface area (Å²) in [5.41, 5.74) is 0.745. The van der Waals surface area contributed by atoms with E-state index in [0.717, 1.165) is 5.69 Å².